The first-order chi connectivity index (χ1) is 7.29. The number of hydrogen-bond donors (Lipinski definition) is 2. The molecule has 1 atom stereocenters. The van der Waals surface area contributed by atoms with Gasteiger partial charge < -0.3 is 11.1 Å². The van der Waals surface area contributed by atoms with Crippen LogP contribution in [0.3, 0.4) is 0 Å². The lowest BCUT2D eigenvalue weighted by atomic mass is 10.2. The van der Waals surface area contributed by atoms with Gasteiger partial charge in [-0.3, -0.25) is 4.99 Å². The van der Waals surface area contributed by atoms with Crippen LogP contribution in [0.4, 0.5) is 0 Å². The molecule has 1 aliphatic carbocycles. The first kappa shape index (κ1) is 10.4. The van der Waals surface area contributed by atoms with Crippen LogP contribution in [0.15, 0.2) is 16.6 Å². The summed E-state index contributed by atoms with van der Waals surface area (Å²) in [5, 5.41) is 6.27. The van der Waals surface area contributed by atoms with Gasteiger partial charge in [0.25, 0.3) is 0 Å². The van der Waals surface area contributed by atoms with Crippen molar-refractivity contribution in [2.45, 2.75) is 38.3 Å². The Bertz CT molecular complexity index is 329. The minimum absolute atomic E-state index is 0.201. The van der Waals surface area contributed by atoms with Crippen LogP contribution in [0.2, 0.25) is 0 Å². The average molecular weight is 224 g/mol. The van der Waals surface area contributed by atoms with Crippen molar-refractivity contribution in [1.29, 1.82) is 0 Å². The van der Waals surface area contributed by atoms with Crippen LogP contribution in [-0.2, 0) is 0 Å². The molecule has 1 unspecified atom stereocenters. The Morgan fingerprint density at radius 1 is 1.80 bits per heavy atom. The van der Waals surface area contributed by atoms with Crippen LogP contribution < -0.4 is 11.1 Å². The Morgan fingerprint density at radius 3 is 3.13 bits per heavy atom. The quantitative estimate of drug-likeness (QED) is 0.604. The monoisotopic (exact) mass is 224 g/mol. The highest BCUT2D eigenvalue weighted by Crippen LogP contribution is 2.23. The summed E-state index contributed by atoms with van der Waals surface area (Å²) in [6.45, 7) is 2.11. The summed E-state index contributed by atoms with van der Waals surface area (Å²) in [7, 11) is 0. The van der Waals surface area contributed by atoms with Gasteiger partial charge >= 0.3 is 0 Å². The predicted molar refractivity (Wildman–Crippen MR) is 62.9 cm³/mol. The van der Waals surface area contributed by atoms with Crippen LogP contribution in [-0.4, -0.2) is 17.0 Å². The summed E-state index contributed by atoms with van der Waals surface area (Å²) >= 11 is 1.65. The van der Waals surface area contributed by atoms with Gasteiger partial charge in [0.15, 0.2) is 5.96 Å². The fraction of sp³-hybridized carbons (Fsp3) is 0.600. The molecule has 3 N–H and O–H groups in total. The number of nitrogens with one attached hydrogen (secondary N) is 1. The summed E-state index contributed by atoms with van der Waals surface area (Å²) in [5.74, 6) is 0.555. The van der Waals surface area contributed by atoms with E-state index in [2.05, 4.69) is 22.2 Å². The Kier molecular flexibility index (Phi) is 3.20. The molecule has 82 valence electrons. The number of guanidine groups is 1. The summed E-state index contributed by atoms with van der Waals surface area (Å²) in [5.41, 5.74) is 5.81. The van der Waals surface area contributed by atoms with Gasteiger partial charge in [-0.05, 0) is 19.3 Å². The van der Waals surface area contributed by atoms with Crippen LogP contribution >= 0.6 is 11.3 Å². The van der Waals surface area contributed by atoms with Gasteiger partial charge in [-0.2, -0.15) is 0 Å². The summed E-state index contributed by atoms with van der Waals surface area (Å²) in [4.78, 5) is 8.63. The molecule has 0 spiro atoms. The molecule has 0 aliphatic heterocycles. The van der Waals surface area contributed by atoms with E-state index in [9.17, 15) is 0 Å². The van der Waals surface area contributed by atoms with Crippen molar-refractivity contribution >= 4 is 17.3 Å². The molecule has 1 heterocycles. The van der Waals surface area contributed by atoms with Gasteiger partial charge in [0, 0.05) is 11.6 Å². The van der Waals surface area contributed by atoms with Crippen LogP contribution in [0.1, 0.15) is 37.2 Å². The van der Waals surface area contributed by atoms with E-state index in [1.807, 2.05) is 11.6 Å². The van der Waals surface area contributed by atoms with Crippen molar-refractivity contribution in [2.24, 2.45) is 10.7 Å². The van der Waals surface area contributed by atoms with E-state index in [0.29, 0.717) is 12.0 Å². The van der Waals surface area contributed by atoms with E-state index in [1.165, 1.54) is 12.8 Å². The Hall–Kier alpha value is -1.10. The molecule has 1 aromatic heterocycles. The van der Waals surface area contributed by atoms with E-state index in [4.69, 9.17) is 5.73 Å². The van der Waals surface area contributed by atoms with Crippen molar-refractivity contribution in [3.63, 3.8) is 0 Å². The molecule has 0 saturated heterocycles. The maximum absolute atomic E-state index is 5.81. The molecule has 4 nitrogen and oxygen atoms in total. The van der Waals surface area contributed by atoms with E-state index >= 15 is 0 Å². The van der Waals surface area contributed by atoms with Crippen LogP contribution in [0.5, 0.6) is 0 Å². The normalized spacial score (nSPS) is 18.9. The SMILES string of the molecule is CCC(NC(N)=NC1CC1)c1nccs1. The van der Waals surface area contributed by atoms with Gasteiger partial charge in [-0.15, -0.1) is 11.3 Å². The number of thiazole rings is 1. The van der Waals surface area contributed by atoms with Gasteiger partial charge in [-0.25, -0.2) is 4.98 Å². The first-order valence-electron chi connectivity index (χ1n) is 5.28. The third-order valence-corrected chi connectivity index (χ3v) is 3.24. The topological polar surface area (TPSA) is 63.3 Å². The molecule has 5 heteroatoms. The zero-order valence-electron chi connectivity index (χ0n) is 8.81. The number of hydrogen-bond acceptors (Lipinski definition) is 3. The van der Waals surface area contributed by atoms with Crippen molar-refractivity contribution in [3.05, 3.63) is 16.6 Å². The highest BCUT2D eigenvalue weighted by Gasteiger charge is 2.21. The molecule has 0 radical (unpaired) electrons. The molecule has 1 aliphatic rings. The highest BCUT2D eigenvalue weighted by molar-refractivity contribution is 7.09. The Morgan fingerprint density at radius 2 is 2.60 bits per heavy atom. The van der Waals surface area contributed by atoms with Crippen molar-refractivity contribution in [3.8, 4) is 0 Å². The fourth-order valence-corrected chi connectivity index (χ4v) is 2.13. The van der Waals surface area contributed by atoms with Gasteiger partial charge in [0.1, 0.15) is 5.01 Å². The van der Waals surface area contributed by atoms with E-state index < -0.39 is 0 Å². The number of rotatable bonds is 4. The molecule has 0 bridgehead atoms. The predicted octanol–water partition coefficient (Wildman–Crippen LogP) is 1.66. The second-order valence-corrected chi connectivity index (χ2v) is 4.65. The van der Waals surface area contributed by atoms with Gasteiger partial charge in [0.05, 0.1) is 12.1 Å². The molecule has 0 aromatic carbocycles. The summed E-state index contributed by atoms with van der Waals surface area (Å²) in [6, 6.07) is 0.666. The molecular weight excluding hydrogens is 208 g/mol. The molecule has 0 amide bonds. The largest absolute Gasteiger partial charge is 0.370 e. The van der Waals surface area contributed by atoms with Crippen molar-refractivity contribution < 1.29 is 0 Å². The number of nitrogens with zero attached hydrogens (tertiary/aromatic N) is 2. The van der Waals surface area contributed by atoms with E-state index in [-0.39, 0.29) is 6.04 Å². The maximum atomic E-state index is 5.81. The van der Waals surface area contributed by atoms with E-state index in [0.717, 1.165) is 11.4 Å². The molecular formula is C10H16N4S. The number of aromatic nitrogens is 1. The minimum Gasteiger partial charge on any atom is -0.370 e. The fourth-order valence-electron chi connectivity index (χ4n) is 1.36. The summed E-state index contributed by atoms with van der Waals surface area (Å²) in [6.07, 6.45) is 5.14. The van der Waals surface area contributed by atoms with Crippen molar-refractivity contribution in [1.82, 2.24) is 10.3 Å². The Balaban J connectivity index is 1.95. The highest BCUT2D eigenvalue weighted by atomic mass is 32.1. The molecule has 15 heavy (non-hydrogen) atoms. The lowest BCUT2D eigenvalue weighted by Crippen LogP contribution is -2.35. The Labute approximate surface area is 93.6 Å². The van der Waals surface area contributed by atoms with Crippen LogP contribution in [0, 0.1) is 0 Å². The van der Waals surface area contributed by atoms with Gasteiger partial charge in [-0.1, -0.05) is 6.92 Å². The van der Waals surface area contributed by atoms with Crippen molar-refractivity contribution in [2.75, 3.05) is 0 Å². The standard InChI is InChI=1S/C10H16N4S/c1-2-8(9-12-5-6-15-9)14-10(11)13-7-3-4-7/h5-8H,2-4H2,1H3,(H3,11,13,14). The van der Waals surface area contributed by atoms with E-state index in [1.54, 1.807) is 11.3 Å². The first-order valence-corrected chi connectivity index (χ1v) is 6.16. The lowest BCUT2D eigenvalue weighted by molar-refractivity contribution is 0.616. The molecule has 1 fully saturated rings. The third kappa shape index (κ3) is 2.92. The smallest absolute Gasteiger partial charge is 0.189 e. The zero-order valence-corrected chi connectivity index (χ0v) is 9.63. The number of nitrogens with two attached hydrogens (primary N) is 1. The molecule has 1 aromatic rings. The average Bonchev–Trinajstić information content (AvgIpc) is 2.86. The second-order valence-electron chi connectivity index (χ2n) is 3.72. The van der Waals surface area contributed by atoms with Gasteiger partial charge in [0.2, 0.25) is 0 Å². The zero-order chi connectivity index (χ0) is 10.7. The second kappa shape index (κ2) is 4.61. The lowest BCUT2D eigenvalue weighted by Gasteiger charge is -2.14. The molecule has 2 rings (SSSR count). The number of aliphatic imine (C=N–C) groups is 1. The summed E-state index contributed by atoms with van der Waals surface area (Å²) < 4.78 is 0. The minimum atomic E-state index is 0.201. The molecule has 1 saturated carbocycles. The third-order valence-electron chi connectivity index (χ3n) is 2.35. The van der Waals surface area contributed by atoms with Crippen LogP contribution in [0.25, 0.3) is 0 Å². The maximum Gasteiger partial charge on any atom is 0.189 e.